The standard InChI is InChI=1S/C14H27N3O4/c1-17(2)8-10-21-9-7-15-13(20)16-14(11-12(18)19)5-3-4-6-14/h3-11H2,1-2H3,(H,18,19)(H2,15,16,20). The lowest BCUT2D eigenvalue weighted by atomic mass is 9.93. The van der Waals surface area contributed by atoms with E-state index < -0.39 is 11.5 Å². The van der Waals surface area contributed by atoms with Crippen LogP contribution < -0.4 is 10.6 Å². The monoisotopic (exact) mass is 301 g/mol. The average Bonchev–Trinajstić information content (AvgIpc) is 2.80. The third-order valence-corrected chi connectivity index (χ3v) is 3.64. The minimum absolute atomic E-state index is 0.0141. The van der Waals surface area contributed by atoms with Gasteiger partial charge in [-0.25, -0.2) is 4.79 Å². The van der Waals surface area contributed by atoms with Gasteiger partial charge < -0.3 is 25.4 Å². The van der Waals surface area contributed by atoms with Gasteiger partial charge in [-0.05, 0) is 26.9 Å². The third kappa shape index (κ3) is 7.29. The number of hydrogen-bond donors (Lipinski definition) is 3. The Hall–Kier alpha value is -1.34. The van der Waals surface area contributed by atoms with E-state index in [9.17, 15) is 9.59 Å². The molecule has 0 atom stereocenters. The highest BCUT2D eigenvalue weighted by molar-refractivity contribution is 5.76. The first-order valence-electron chi connectivity index (χ1n) is 7.44. The molecular formula is C14H27N3O4. The molecule has 0 aromatic heterocycles. The summed E-state index contributed by atoms with van der Waals surface area (Å²) in [6, 6.07) is -0.311. The number of carbonyl (C=O) groups excluding carboxylic acids is 1. The van der Waals surface area contributed by atoms with Crippen molar-refractivity contribution >= 4 is 12.0 Å². The van der Waals surface area contributed by atoms with Gasteiger partial charge in [0.1, 0.15) is 0 Å². The van der Waals surface area contributed by atoms with Gasteiger partial charge in [-0.15, -0.1) is 0 Å². The lowest BCUT2D eigenvalue weighted by Gasteiger charge is -2.28. The number of nitrogens with one attached hydrogen (secondary N) is 2. The molecule has 0 spiro atoms. The van der Waals surface area contributed by atoms with Crippen molar-refractivity contribution in [3.63, 3.8) is 0 Å². The molecule has 0 aliphatic heterocycles. The van der Waals surface area contributed by atoms with Crippen LogP contribution in [0.4, 0.5) is 4.79 Å². The Labute approximate surface area is 126 Å². The summed E-state index contributed by atoms with van der Waals surface area (Å²) in [5, 5.41) is 14.5. The number of amides is 2. The zero-order valence-corrected chi connectivity index (χ0v) is 13.0. The zero-order chi connectivity index (χ0) is 15.7. The quantitative estimate of drug-likeness (QED) is 0.544. The molecular weight excluding hydrogens is 274 g/mol. The van der Waals surface area contributed by atoms with Crippen molar-refractivity contribution in [1.29, 1.82) is 0 Å². The van der Waals surface area contributed by atoms with Crippen LogP contribution in [0.15, 0.2) is 0 Å². The van der Waals surface area contributed by atoms with Gasteiger partial charge in [0.15, 0.2) is 0 Å². The Kier molecular flexibility index (Phi) is 7.45. The molecule has 21 heavy (non-hydrogen) atoms. The summed E-state index contributed by atoms with van der Waals surface area (Å²) in [6.45, 7) is 2.34. The summed E-state index contributed by atoms with van der Waals surface area (Å²) in [5.41, 5.74) is -0.582. The van der Waals surface area contributed by atoms with Gasteiger partial charge in [-0.3, -0.25) is 4.79 Å². The average molecular weight is 301 g/mol. The molecule has 0 aromatic carbocycles. The van der Waals surface area contributed by atoms with E-state index >= 15 is 0 Å². The van der Waals surface area contributed by atoms with Crippen LogP contribution in [0.1, 0.15) is 32.1 Å². The molecule has 7 nitrogen and oxygen atoms in total. The number of carbonyl (C=O) groups is 2. The van der Waals surface area contributed by atoms with E-state index in [2.05, 4.69) is 10.6 Å². The van der Waals surface area contributed by atoms with E-state index in [0.717, 1.165) is 32.2 Å². The second kappa shape index (κ2) is 8.84. The molecule has 0 heterocycles. The van der Waals surface area contributed by atoms with E-state index in [1.807, 2.05) is 19.0 Å². The van der Waals surface area contributed by atoms with E-state index in [1.165, 1.54) is 0 Å². The number of carboxylic acids is 1. The number of urea groups is 1. The predicted molar refractivity (Wildman–Crippen MR) is 79.4 cm³/mol. The van der Waals surface area contributed by atoms with Crippen LogP contribution in [-0.4, -0.2) is 67.9 Å². The number of hydrogen-bond acceptors (Lipinski definition) is 4. The smallest absolute Gasteiger partial charge is 0.315 e. The van der Waals surface area contributed by atoms with Gasteiger partial charge in [-0.1, -0.05) is 12.8 Å². The molecule has 2 amide bonds. The molecule has 0 saturated heterocycles. The molecule has 0 radical (unpaired) electrons. The normalized spacial score (nSPS) is 16.9. The Balaban J connectivity index is 2.21. The summed E-state index contributed by atoms with van der Waals surface area (Å²) in [6.07, 6.45) is 3.36. The van der Waals surface area contributed by atoms with Crippen molar-refractivity contribution in [3.05, 3.63) is 0 Å². The van der Waals surface area contributed by atoms with Gasteiger partial charge in [0.25, 0.3) is 0 Å². The molecule has 7 heteroatoms. The van der Waals surface area contributed by atoms with Crippen LogP contribution in [0.25, 0.3) is 0 Å². The van der Waals surface area contributed by atoms with Crippen molar-refractivity contribution in [2.75, 3.05) is 40.4 Å². The summed E-state index contributed by atoms with van der Waals surface area (Å²) in [4.78, 5) is 24.8. The van der Waals surface area contributed by atoms with E-state index in [-0.39, 0.29) is 12.5 Å². The Bertz CT molecular complexity index is 341. The lowest BCUT2D eigenvalue weighted by molar-refractivity contribution is -0.138. The van der Waals surface area contributed by atoms with E-state index in [0.29, 0.717) is 19.8 Å². The summed E-state index contributed by atoms with van der Waals surface area (Å²) in [5.74, 6) is -0.871. The van der Waals surface area contributed by atoms with Gasteiger partial charge in [0.2, 0.25) is 0 Å². The number of rotatable bonds is 9. The van der Waals surface area contributed by atoms with Crippen molar-refractivity contribution in [2.24, 2.45) is 0 Å². The second-order valence-corrected chi connectivity index (χ2v) is 5.85. The molecule has 3 N–H and O–H groups in total. The van der Waals surface area contributed by atoms with E-state index in [4.69, 9.17) is 9.84 Å². The highest BCUT2D eigenvalue weighted by Crippen LogP contribution is 2.32. The molecule has 1 aliphatic carbocycles. The first kappa shape index (κ1) is 17.7. The van der Waals surface area contributed by atoms with Crippen LogP contribution in [0.2, 0.25) is 0 Å². The highest BCUT2D eigenvalue weighted by atomic mass is 16.5. The second-order valence-electron chi connectivity index (χ2n) is 5.85. The van der Waals surface area contributed by atoms with E-state index in [1.54, 1.807) is 0 Å². The zero-order valence-electron chi connectivity index (χ0n) is 13.0. The molecule has 1 saturated carbocycles. The first-order valence-corrected chi connectivity index (χ1v) is 7.44. The predicted octanol–water partition coefficient (Wildman–Crippen LogP) is 0.651. The minimum atomic E-state index is -0.871. The fourth-order valence-electron chi connectivity index (χ4n) is 2.56. The van der Waals surface area contributed by atoms with Crippen molar-refractivity contribution in [2.45, 2.75) is 37.6 Å². The maximum Gasteiger partial charge on any atom is 0.315 e. The molecule has 0 aromatic rings. The number of likely N-dealkylation sites (N-methyl/N-ethyl adjacent to an activating group) is 1. The minimum Gasteiger partial charge on any atom is -0.481 e. The van der Waals surface area contributed by atoms with Crippen LogP contribution >= 0.6 is 0 Å². The molecule has 0 unspecified atom stereocenters. The maximum absolute atomic E-state index is 11.8. The SMILES string of the molecule is CN(C)CCOCCNC(=O)NC1(CC(=O)O)CCCC1. The van der Waals surface area contributed by atoms with Crippen molar-refractivity contribution < 1.29 is 19.4 Å². The molecule has 1 aliphatic rings. The van der Waals surface area contributed by atoms with Gasteiger partial charge in [0.05, 0.1) is 25.2 Å². The Morgan fingerprint density at radius 1 is 1.24 bits per heavy atom. The number of aliphatic carboxylic acids is 1. The molecule has 0 bridgehead atoms. The number of ether oxygens (including phenoxy) is 1. The maximum atomic E-state index is 11.8. The van der Waals surface area contributed by atoms with Gasteiger partial charge >= 0.3 is 12.0 Å². The highest BCUT2D eigenvalue weighted by Gasteiger charge is 2.37. The van der Waals surface area contributed by atoms with Crippen LogP contribution in [0.3, 0.4) is 0 Å². The molecule has 1 fully saturated rings. The number of nitrogens with zero attached hydrogens (tertiary/aromatic N) is 1. The van der Waals surface area contributed by atoms with Crippen LogP contribution in [0.5, 0.6) is 0 Å². The largest absolute Gasteiger partial charge is 0.481 e. The summed E-state index contributed by atoms with van der Waals surface area (Å²) < 4.78 is 5.38. The van der Waals surface area contributed by atoms with Crippen LogP contribution in [-0.2, 0) is 9.53 Å². The van der Waals surface area contributed by atoms with Crippen molar-refractivity contribution in [3.8, 4) is 0 Å². The van der Waals surface area contributed by atoms with Crippen LogP contribution in [0, 0.1) is 0 Å². The van der Waals surface area contributed by atoms with Gasteiger partial charge in [0, 0.05) is 13.1 Å². The summed E-state index contributed by atoms with van der Waals surface area (Å²) in [7, 11) is 3.94. The molecule has 122 valence electrons. The fourth-order valence-corrected chi connectivity index (χ4v) is 2.56. The Morgan fingerprint density at radius 3 is 2.48 bits per heavy atom. The first-order chi connectivity index (χ1) is 9.93. The lowest BCUT2D eigenvalue weighted by Crippen LogP contribution is -2.52. The van der Waals surface area contributed by atoms with Gasteiger partial charge in [-0.2, -0.15) is 0 Å². The topological polar surface area (TPSA) is 90.9 Å². The molecule has 1 rings (SSSR count). The summed E-state index contributed by atoms with van der Waals surface area (Å²) >= 11 is 0. The third-order valence-electron chi connectivity index (χ3n) is 3.64. The van der Waals surface area contributed by atoms with Crippen molar-refractivity contribution in [1.82, 2.24) is 15.5 Å². The Morgan fingerprint density at radius 2 is 1.90 bits per heavy atom. The fraction of sp³-hybridized carbons (Fsp3) is 0.857. The number of carboxylic acid groups (broad SMARTS) is 1.